The third kappa shape index (κ3) is 4.11. The molecule has 84 valence electrons. The first-order valence-corrected chi connectivity index (χ1v) is 6.41. The molecular weight excluding hydrogens is 243 g/mol. The topological polar surface area (TPSA) is 89.1 Å². The van der Waals surface area contributed by atoms with Crippen LogP contribution >= 0.6 is 6.72 Å². The second-order valence-corrected chi connectivity index (χ2v) is 5.21. The van der Waals surface area contributed by atoms with Crippen molar-refractivity contribution in [3.8, 4) is 5.75 Å². The van der Waals surface area contributed by atoms with Crippen molar-refractivity contribution in [3.05, 3.63) is 28.3 Å². The predicted octanol–water partition coefficient (Wildman–Crippen LogP) is 0.374. The van der Waals surface area contributed by atoms with Crippen LogP contribution in [0.5, 0.6) is 5.75 Å². The normalized spacial score (nSPS) is 11.4. The molecule has 0 fully saturated rings. The summed E-state index contributed by atoms with van der Waals surface area (Å²) >= 11 is 4.22. The molecule has 0 aliphatic heterocycles. The fraction of sp³-hybridized carbons (Fsp3) is 0.286. The molecule has 1 aromatic heterocycles. The summed E-state index contributed by atoms with van der Waals surface area (Å²) in [6, 6.07) is 1.13. The van der Waals surface area contributed by atoms with Gasteiger partial charge < -0.3 is 23.5 Å². The van der Waals surface area contributed by atoms with Crippen LogP contribution in [0.3, 0.4) is 0 Å². The first kappa shape index (κ1) is 12.4. The molecule has 0 unspecified atom stereocenters. The molecule has 2 N–H and O–H groups in total. The Morgan fingerprint density at radius 2 is 2.27 bits per heavy atom. The van der Waals surface area contributed by atoms with Crippen LogP contribution < -0.4 is 10.2 Å². The molecule has 0 amide bonds. The van der Waals surface area contributed by atoms with Gasteiger partial charge in [0.15, 0.2) is 0 Å². The van der Waals surface area contributed by atoms with Gasteiger partial charge in [-0.05, 0) is 11.8 Å². The zero-order chi connectivity index (χ0) is 11.5. The fourth-order valence-electron chi connectivity index (χ4n) is 0.811. The van der Waals surface area contributed by atoms with E-state index < -0.39 is 6.72 Å². The molecule has 0 saturated heterocycles. The predicted molar refractivity (Wildman–Crippen MR) is 55.0 cm³/mol. The van der Waals surface area contributed by atoms with Crippen LogP contribution in [-0.4, -0.2) is 16.9 Å². The van der Waals surface area contributed by atoms with Crippen molar-refractivity contribution < 1.29 is 23.5 Å². The minimum Gasteiger partial charge on any atom is -0.490 e. The van der Waals surface area contributed by atoms with E-state index in [1.54, 1.807) is 0 Å². The third-order valence-electron chi connectivity index (χ3n) is 1.45. The largest absolute Gasteiger partial charge is 0.490 e. The van der Waals surface area contributed by atoms with Crippen molar-refractivity contribution in [1.82, 2.24) is 0 Å². The van der Waals surface area contributed by atoms with E-state index in [0.717, 1.165) is 12.3 Å². The fourth-order valence-corrected chi connectivity index (χ4v) is 1.26. The van der Waals surface area contributed by atoms with Crippen LogP contribution in [0.15, 0.2) is 21.5 Å². The summed E-state index contributed by atoms with van der Waals surface area (Å²) in [6.07, 6.45) is 1.11. The van der Waals surface area contributed by atoms with Crippen molar-refractivity contribution in [3.63, 3.8) is 0 Å². The zero-order valence-corrected chi connectivity index (χ0v) is 9.46. The average Bonchev–Trinajstić information content (AvgIpc) is 2.14. The highest BCUT2D eigenvalue weighted by atomic mass is 32.5. The monoisotopic (exact) mass is 252 g/mol. The summed E-state index contributed by atoms with van der Waals surface area (Å²) < 4.78 is 14.1. The summed E-state index contributed by atoms with van der Waals surface area (Å²) in [6.45, 7) is -4.00. The Bertz CT molecular complexity index is 435. The molecule has 8 heteroatoms. The molecule has 0 aliphatic carbocycles. The van der Waals surface area contributed by atoms with Gasteiger partial charge in [0, 0.05) is 6.07 Å². The molecular formula is C7H9O6PS. The highest BCUT2D eigenvalue weighted by molar-refractivity contribution is 8.06. The van der Waals surface area contributed by atoms with Gasteiger partial charge in [0.25, 0.3) is 0 Å². The second kappa shape index (κ2) is 4.87. The zero-order valence-electron chi connectivity index (χ0n) is 7.74. The molecule has 15 heavy (non-hydrogen) atoms. The Kier molecular flexibility index (Phi) is 4.01. The van der Waals surface area contributed by atoms with Crippen LogP contribution in [0.4, 0.5) is 0 Å². The molecule has 1 heterocycles. The quantitative estimate of drug-likeness (QED) is 0.748. The average molecular weight is 252 g/mol. The number of hydrogen-bond acceptors (Lipinski definition) is 5. The first-order valence-electron chi connectivity index (χ1n) is 3.78. The Balaban J connectivity index is 2.77. The molecule has 0 radical (unpaired) electrons. The maximum absolute atomic E-state index is 11.2. The van der Waals surface area contributed by atoms with Gasteiger partial charge in [0.1, 0.15) is 18.6 Å². The van der Waals surface area contributed by atoms with Gasteiger partial charge in [0.05, 0.1) is 7.11 Å². The SMILES string of the molecule is COc1coc(COP(O)(O)=S)cc1=O. The third-order valence-corrected chi connectivity index (χ3v) is 2.23. The van der Waals surface area contributed by atoms with Gasteiger partial charge in [-0.3, -0.25) is 4.79 Å². The Morgan fingerprint density at radius 1 is 1.60 bits per heavy atom. The molecule has 1 aromatic rings. The van der Waals surface area contributed by atoms with E-state index in [-0.39, 0.29) is 23.5 Å². The Hall–Kier alpha value is -0.720. The summed E-state index contributed by atoms with van der Waals surface area (Å²) in [5, 5.41) is 0. The molecule has 0 saturated carbocycles. The Morgan fingerprint density at radius 3 is 2.73 bits per heavy atom. The first-order chi connectivity index (χ1) is 6.92. The van der Waals surface area contributed by atoms with Crippen LogP contribution in [0.1, 0.15) is 5.76 Å². The van der Waals surface area contributed by atoms with E-state index in [2.05, 4.69) is 21.1 Å². The van der Waals surface area contributed by atoms with E-state index >= 15 is 0 Å². The van der Waals surface area contributed by atoms with Crippen LogP contribution in [0, 0.1) is 0 Å². The van der Waals surface area contributed by atoms with Crippen molar-refractivity contribution in [2.75, 3.05) is 7.11 Å². The maximum atomic E-state index is 11.2. The van der Waals surface area contributed by atoms with Gasteiger partial charge in [0.2, 0.25) is 11.2 Å². The van der Waals surface area contributed by atoms with Crippen molar-refractivity contribution >= 4 is 18.5 Å². The lowest BCUT2D eigenvalue weighted by Gasteiger charge is -2.07. The minimum atomic E-state index is -3.73. The van der Waals surface area contributed by atoms with Gasteiger partial charge in [-0.2, -0.15) is 0 Å². The van der Waals surface area contributed by atoms with Gasteiger partial charge >= 0.3 is 6.72 Å². The lowest BCUT2D eigenvalue weighted by atomic mass is 10.4. The van der Waals surface area contributed by atoms with Crippen LogP contribution in [0.2, 0.25) is 0 Å². The van der Waals surface area contributed by atoms with E-state index in [9.17, 15) is 4.79 Å². The van der Waals surface area contributed by atoms with Crippen LogP contribution in [0.25, 0.3) is 0 Å². The standard InChI is InChI=1S/C7H9O6PS/c1-11-7-4-12-5(2-6(7)8)3-13-14(9,10)15/h2,4H,3H2,1H3,(H2,9,10,15). The lowest BCUT2D eigenvalue weighted by Crippen LogP contribution is -2.05. The second-order valence-electron chi connectivity index (χ2n) is 2.54. The molecule has 6 nitrogen and oxygen atoms in total. The van der Waals surface area contributed by atoms with E-state index in [1.807, 2.05) is 0 Å². The summed E-state index contributed by atoms with van der Waals surface area (Å²) in [5.41, 5.74) is -0.383. The maximum Gasteiger partial charge on any atom is 0.322 e. The molecule has 0 spiro atoms. The molecule has 0 aliphatic rings. The summed E-state index contributed by atoms with van der Waals surface area (Å²) in [4.78, 5) is 28.7. The highest BCUT2D eigenvalue weighted by Crippen LogP contribution is 2.37. The molecule has 1 rings (SSSR count). The van der Waals surface area contributed by atoms with E-state index in [0.29, 0.717) is 0 Å². The smallest absolute Gasteiger partial charge is 0.322 e. The van der Waals surface area contributed by atoms with Gasteiger partial charge in [-0.15, -0.1) is 0 Å². The summed E-state index contributed by atoms with van der Waals surface area (Å²) in [5.74, 6) is 0.198. The van der Waals surface area contributed by atoms with E-state index in [1.165, 1.54) is 7.11 Å². The number of ether oxygens (including phenoxy) is 1. The van der Waals surface area contributed by atoms with Gasteiger partial charge in [-0.1, -0.05) is 0 Å². The highest BCUT2D eigenvalue weighted by Gasteiger charge is 2.10. The lowest BCUT2D eigenvalue weighted by molar-refractivity contribution is 0.218. The summed E-state index contributed by atoms with van der Waals surface area (Å²) in [7, 11) is 1.34. The number of hydrogen-bond donors (Lipinski definition) is 2. The van der Waals surface area contributed by atoms with Crippen molar-refractivity contribution in [2.45, 2.75) is 6.61 Å². The van der Waals surface area contributed by atoms with Crippen LogP contribution in [-0.2, 0) is 22.9 Å². The number of methoxy groups -OCH3 is 1. The molecule has 0 aromatic carbocycles. The van der Waals surface area contributed by atoms with Crippen molar-refractivity contribution in [1.29, 1.82) is 0 Å². The van der Waals surface area contributed by atoms with Crippen molar-refractivity contribution in [2.24, 2.45) is 0 Å². The van der Waals surface area contributed by atoms with Gasteiger partial charge in [-0.25, -0.2) is 0 Å². The minimum absolute atomic E-state index is 0.0613. The molecule has 0 bridgehead atoms. The molecule has 0 atom stereocenters. The van der Waals surface area contributed by atoms with E-state index in [4.69, 9.17) is 14.2 Å². The Labute approximate surface area is 90.3 Å². The number of rotatable bonds is 4.